The van der Waals surface area contributed by atoms with Crippen LogP contribution in [0, 0.1) is 6.57 Å². The van der Waals surface area contributed by atoms with Crippen molar-refractivity contribution in [1.29, 1.82) is 0 Å². The molecule has 0 aliphatic rings. The SMILES string of the molecule is C=CC(=O)O.[C-]#[N+]n1c(=O)c2c(n(CCO)c1=O)n(CCO)c(=O)n2CCO. The summed E-state index contributed by atoms with van der Waals surface area (Å²) in [4.78, 5) is 49.1. The number of aromatic nitrogens is 4. The molecule has 0 radical (unpaired) electrons. The molecule has 0 amide bonds. The van der Waals surface area contributed by atoms with Crippen molar-refractivity contribution in [2.24, 2.45) is 0 Å². The predicted molar refractivity (Wildman–Crippen MR) is 95.8 cm³/mol. The van der Waals surface area contributed by atoms with E-state index in [0.717, 1.165) is 19.8 Å². The molecule has 4 N–H and O–H groups in total. The fourth-order valence-electron chi connectivity index (χ4n) is 2.46. The van der Waals surface area contributed by atoms with E-state index in [1.807, 2.05) is 0 Å². The van der Waals surface area contributed by atoms with Crippen molar-refractivity contribution in [1.82, 2.24) is 18.4 Å². The first kappa shape index (κ1) is 22.6. The third-order valence-corrected chi connectivity index (χ3v) is 3.51. The summed E-state index contributed by atoms with van der Waals surface area (Å²) in [5, 5.41) is 34.9. The van der Waals surface area contributed by atoms with Gasteiger partial charge < -0.3 is 20.4 Å². The number of fused-ring (bicyclic) bond motifs is 1. The second-order valence-electron chi connectivity index (χ2n) is 5.12. The van der Waals surface area contributed by atoms with Crippen LogP contribution in [0.5, 0.6) is 0 Å². The van der Waals surface area contributed by atoms with Crippen LogP contribution in [0.2, 0.25) is 0 Å². The van der Waals surface area contributed by atoms with Crippen molar-refractivity contribution >= 4 is 17.1 Å². The minimum absolute atomic E-state index is 0.0959. The molecule has 0 fully saturated rings. The fourth-order valence-corrected chi connectivity index (χ4v) is 2.46. The molecular weight excluding hydrogens is 378 g/mol. The number of carbonyl (C=O) groups is 1. The minimum Gasteiger partial charge on any atom is -0.478 e. The molecule has 2 aromatic heterocycles. The maximum absolute atomic E-state index is 12.4. The third-order valence-electron chi connectivity index (χ3n) is 3.51. The molecule has 13 nitrogen and oxygen atoms in total. The highest BCUT2D eigenvalue weighted by molar-refractivity contribution is 5.78. The first-order valence-electron chi connectivity index (χ1n) is 7.85. The van der Waals surface area contributed by atoms with Gasteiger partial charge in [-0.2, -0.15) is 6.57 Å². The normalized spacial score (nSPS) is 10.2. The van der Waals surface area contributed by atoms with E-state index in [1.165, 1.54) is 0 Å². The lowest BCUT2D eigenvalue weighted by molar-refractivity contribution is -0.131. The van der Waals surface area contributed by atoms with Gasteiger partial charge >= 0.3 is 22.9 Å². The molecule has 0 spiro atoms. The number of aliphatic carboxylic acids is 1. The lowest BCUT2D eigenvalue weighted by Gasteiger charge is -2.08. The smallest absolute Gasteiger partial charge is 0.401 e. The number of hydrogen-bond donors (Lipinski definition) is 4. The van der Waals surface area contributed by atoms with Crippen LogP contribution < -0.4 is 16.9 Å². The van der Waals surface area contributed by atoms with Crippen molar-refractivity contribution in [2.75, 3.05) is 19.8 Å². The Balaban J connectivity index is 0.000000696. The largest absolute Gasteiger partial charge is 0.478 e. The number of rotatable bonds is 7. The van der Waals surface area contributed by atoms with E-state index in [1.54, 1.807) is 0 Å². The van der Waals surface area contributed by atoms with Gasteiger partial charge in [-0.3, -0.25) is 18.5 Å². The Labute approximate surface area is 156 Å². The Hall–Kier alpha value is -3.47. The third kappa shape index (κ3) is 4.26. The Kier molecular flexibility index (Phi) is 8.07. The first-order valence-corrected chi connectivity index (χ1v) is 7.85. The monoisotopic (exact) mass is 397 g/mol. The van der Waals surface area contributed by atoms with Crippen molar-refractivity contribution in [2.45, 2.75) is 19.6 Å². The Morgan fingerprint density at radius 2 is 1.39 bits per heavy atom. The summed E-state index contributed by atoms with van der Waals surface area (Å²) in [6.45, 7) is 8.00. The van der Waals surface area contributed by atoms with Gasteiger partial charge in [-0.25, -0.2) is 14.4 Å². The first-order chi connectivity index (χ1) is 13.3. The maximum atomic E-state index is 12.4. The van der Waals surface area contributed by atoms with Gasteiger partial charge in [0.05, 0.1) is 44.1 Å². The molecule has 0 atom stereocenters. The number of aliphatic hydroxyl groups excluding tert-OH is 3. The van der Waals surface area contributed by atoms with E-state index < -0.39 is 42.7 Å². The van der Waals surface area contributed by atoms with E-state index in [4.69, 9.17) is 27.0 Å². The van der Waals surface area contributed by atoms with Crippen molar-refractivity contribution in [3.63, 3.8) is 0 Å². The van der Waals surface area contributed by atoms with Gasteiger partial charge in [0.2, 0.25) is 0 Å². The zero-order valence-electron chi connectivity index (χ0n) is 14.7. The molecule has 0 unspecified atom stereocenters. The molecule has 2 heterocycles. The summed E-state index contributed by atoms with van der Waals surface area (Å²) in [6.07, 6.45) is 0.833. The van der Waals surface area contributed by atoms with Crippen LogP contribution in [-0.4, -0.2) is 64.6 Å². The molecule has 2 rings (SSSR count). The lowest BCUT2D eigenvalue weighted by Crippen LogP contribution is -2.38. The van der Waals surface area contributed by atoms with E-state index >= 15 is 0 Å². The van der Waals surface area contributed by atoms with Gasteiger partial charge in [0.15, 0.2) is 11.2 Å². The van der Waals surface area contributed by atoms with Gasteiger partial charge in [-0.1, -0.05) is 6.58 Å². The van der Waals surface area contributed by atoms with Crippen LogP contribution in [0.15, 0.2) is 27.0 Å². The molecule has 152 valence electrons. The highest BCUT2D eigenvalue weighted by atomic mass is 16.4. The quantitative estimate of drug-likeness (QED) is 0.283. The molecular formula is C15H19N5O8. The van der Waals surface area contributed by atoms with Crippen molar-refractivity contribution in [3.8, 4) is 0 Å². The van der Waals surface area contributed by atoms with Gasteiger partial charge in [0.1, 0.15) is 0 Å². The van der Waals surface area contributed by atoms with Crippen molar-refractivity contribution in [3.05, 3.63) is 55.5 Å². The number of hydrogen-bond acceptors (Lipinski definition) is 7. The van der Waals surface area contributed by atoms with Gasteiger partial charge in [0.25, 0.3) is 0 Å². The summed E-state index contributed by atoms with van der Waals surface area (Å²) >= 11 is 0. The van der Waals surface area contributed by atoms with Gasteiger partial charge in [0, 0.05) is 6.08 Å². The Bertz CT molecular complexity index is 1080. The predicted octanol–water partition coefficient (Wildman–Crippen LogP) is -2.96. The highest BCUT2D eigenvalue weighted by Gasteiger charge is 2.25. The zero-order chi connectivity index (χ0) is 21.4. The zero-order valence-corrected chi connectivity index (χ0v) is 14.7. The Morgan fingerprint density at radius 3 is 1.79 bits per heavy atom. The number of imidazole rings is 1. The molecule has 0 aromatic carbocycles. The average Bonchev–Trinajstić information content (AvgIpc) is 2.93. The topological polar surface area (TPSA) is 173 Å². The lowest BCUT2D eigenvalue weighted by atomic mass is 10.4. The average molecular weight is 397 g/mol. The van der Waals surface area contributed by atoms with Crippen LogP contribution in [0.25, 0.3) is 16.1 Å². The van der Waals surface area contributed by atoms with Crippen LogP contribution in [0.4, 0.5) is 0 Å². The van der Waals surface area contributed by atoms with Gasteiger partial charge in [-0.15, -0.1) is 4.95 Å². The second kappa shape index (κ2) is 10.0. The van der Waals surface area contributed by atoms with E-state index in [9.17, 15) is 19.2 Å². The van der Waals surface area contributed by atoms with Crippen LogP contribution in [0.3, 0.4) is 0 Å². The van der Waals surface area contributed by atoms with E-state index in [0.29, 0.717) is 0 Å². The summed E-state index contributed by atoms with van der Waals surface area (Å²) in [5.41, 5.74) is -3.01. The molecule has 28 heavy (non-hydrogen) atoms. The molecule has 0 aliphatic heterocycles. The Morgan fingerprint density at radius 1 is 0.964 bits per heavy atom. The van der Waals surface area contributed by atoms with Crippen LogP contribution >= 0.6 is 0 Å². The molecule has 0 saturated carbocycles. The molecule has 0 aliphatic carbocycles. The maximum Gasteiger partial charge on any atom is 0.401 e. The number of nitrogens with zero attached hydrogens (tertiary/aromatic N) is 5. The number of carboxylic acids is 1. The standard InChI is InChI=1S/C12H15N5O6.C3H4O2/c1-13-17-10(21)8-9(16(4-7-20)12(17)23)15(3-6-19)11(22)14(8)2-5-18;1-2-3(4)5/h18-20H,2-7H2;2H,1H2,(H,4,5). The number of aliphatic hydroxyl groups is 3. The van der Waals surface area contributed by atoms with E-state index in [-0.39, 0.29) is 35.5 Å². The second-order valence-corrected chi connectivity index (χ2v) is 5.12. The molecule has 13 heteroatoms. The van der Waals surface area contributed by atoms with Crippen LogP contribution in [-0.2, 0) is 24.4 Å². The number of carboxylic acid groups (broad SMARTS) is 1. The molecule has 2 aromatic rings. The van der Waals surface area contributed by atoms with Gasteiger partial charge in [-0.05, 0) is 0 Å². The summed E-state index contributed by atoms with van der Waals surface area (Å²) in [5.74, 6) is -0.981. The minimum atomic E-state index is -0.989. The van der Waals surface area contributed by atoms with E-state index in [2.05, 4.69) is 11.5 Å². The summed E-state index contributed by atoms with van der Waals surface area (Å²) in [7, 11) is 0. The highest BCUT2D eigenvalue weighted by Crippen LogP contribution is 2.08. The molecule has 0 saturated heterocycles. The summed E-state index contributed by atoms with van der Waals surface area (Å²) < 4.78 is 3.15. The fraction of sp³-hybridized carbons (Fsp3) is 0.400. The van der Waals surface area contributed by atoms with Crippen molar-refractivity contribution < 1.29 is 25.2 Å². The molecule has 0 bridgehead atoms. The summed E-state index contributed by atoms with van der Waals surface area (Å²) in [6, 6.07) is 0. The van der Waals surface area contributed by atoms with Crippen LogP contribution in [0.1, 0.15) is 0 Å².